The van der Waals surface area contributed by atoms with E-state index in [2.05, 4.69) is 5.32 Å². The molecule has 0 bridgehead atoms. The Morgan fingerprint density at radius 2 is 2.08 bits per heavy atom. The lowest BCUT2D eigenvalue weighted by Gasteiger charge is -2.19. The molecule has 0 saturated carbocycles. The van der Waals surface area contributed by atoms with Crippen LogP contribution in [0.25, 0.3) is 0 Å². The van der Waals surface area contributed by atoms with Crippen molar-refractivity contribution in [3.63, 3.8) is 0 Å². The van der Waals surface area contributed by atoms with Crippen molar-refractivity contribution in [3.8, 4) is 0 Å². The number of amides is 2. The number of aliphatic carboxylic acids is 1. The normalized spacial score (nSPS) is 15.7. The molecule has 1 aromatic rings. The van der Waals surface area contributed by atoms with Crippen LogP contribution < -0.4 is 10.2 Å². The Morgan fingerprint density at radius 1 is 1.38 bits per heavy atom. The molecule has 0 unspecified atom stereocenters. The Morgan fingerprint density at radius 3 is 2.62 bits per heavy atom. The number of carbonyl (C=O) groups excluding carboxylic acids is 2. The van der Waals surface area contributed by atoms with Crippen LogP contribution in [0.15, 0.2) is 18.2 Å². The van der Waals surface area contributed by atoms with E-state index in [0.717, 1.165) is 6.42 Å². The summed E-state index contributed by atoms with van der Waals surface area (Å²) in [6, 6.07) is 3.79. The fourth-order valence-electron chi connectivity index (χ4n) is 2.71. The first-order chi connectivity index (χ1) is 11.3. The van der Waals surface area contributed by atoms with Gasteiger partial charge in [0.15, 0.2) is 0 Å². The van der Waals surface area contributed by atoms with Gasteiger partial charge in [-0.25, -0.2) is 4.79 Å². The van der Waals surface area contributed by atoms with Crippen molar-refractivity contribution in [3.05, 3.63) is 28.8 Å². The maximum absolute atomic E-state index is 12.4. The van der Waals surface area contributed by atoms with Crippen molar-refractivity contribution in [2.45, 2.75) is 39.2 Å². The lowest BCUT2D eigenvalue weighted by molar-refractivity contribution is -0.139. The van der Waals surface area contributed by atoms with E-state index in [1.165, 1.54) is 6.07 Å². The van der Waals surface area contributed by atoms with Crippen LogP contribution in [0.4, 0.5) is 5.69 Å². The summed E-state index contributed by atoms with van der Waals surface area (Å²) >= 11 is 6.09. The Bertz CT molecular complexity index is 660. The zero-order valence-corrected chi connectivity index (χ0v) is 14.5. The van der Waals surface area contributed by atoms with Crippen molar-refractivity contribution in [1.82, 2.24) is 5.32 Å². The zero-order chi connectivity index (χ0) is 17.9. The van der Waals surface area contributed by atoms with E-state index in [0.29, 0.717) is 25.1 Å². The van der Waals surface area contributed by atoms with Crippen LogP contribution in [-0.4, -0.2) is 35.5 Å². The van der Waals surface area contributed by atoms with Crippen LogP contribution in [-0.2, 0) is 9.59 Å². The molecule has 24 heavy (non-hydrogen) atoms. The van der Waals surface area contributed by atoms with E-state index in [4.69, 9.17) is 11.6 Å². The molecule has 0 spiro atoms. The third kappa shape index (κ3) is 4.26. The van der Waals surface area contributed by atoms with E-state index in [9.17, 15) is 19.5 Å². The standard InChI is InChI=1S/C17H21ClN2O4/c1-10(2)8-14(17(23)24)19-16(22)12-9-11(5-6-13(12)18)20-7-3-4-15(20)21/h5-6,9-10,14H,3-4,7-8H2,1-2H3,(H,19,22)(H,23,24)/t14-/m1/s1. The number of benzene rings is 1. The smallest absolute Gasteiger partial charge is 0.326 e. The Kier molecular flexibility index (Phi) is 5.83. The lowest BCUT2D eigenvalue weighted by Crippen LogP contribution is -2.41. The first-order valence-electron chi connectivity index (χ1n) is 7.93. The number of carbonyl (C=O) groups is 3. The second-order valence-electron chi connectivity index (χ2n) is 6.31. The highest BCUT2D eigenvalue weighted by molar-refractivity contribution is 6.34. The van der Waals surface area contributed by atoms with Gasteiger partial charge in [0.25, 0.3) is 5.91 Å². The summed E-state index contributed by atoms with van der Waals surface area (Å²) in [6.07, 6.45) is 1.58. The topological polar surface area (TPSA) is 86.7 Å². The van der Waals surface area contributed by atoms with Crippen LogP contribution in [0.2, 0.25) is 5.02 Å². The maximum Gasteiger partial charge on any atom is 0.326 e. The largest absolute Gasteiger partial charge is 0.480 e. The Labute approximate surface area is 145 Å². The van der Waals surface area contributed by atoms with Gasteiger partial charge in [-0.1, -0.05) is 25.4 Å². The molecule has 0 aliphatic carbocycles. The van der Waals surface area contributed by atoms with E-state index < -0.39 is 17.9 Å². The van der Waals surface area contributed by atoms with E-state index in [-0.39, 0.29) is 22.4 Å². The van der Waals surface area contributed by atoms with Crippen LogP contribution in [0.5, 0.6) is 0 Å². The van der Waals surface area contributed by atoms with Crippen molar-refractivity contribution >= 4 is 35.1 Å². The van der Waals surface area contributed by atoms with Gasteiger partial charge < -0.3 is 15.3 Å². The molecule has 1 saturated heterocycles. The van der Waals surface area contributed by atoms with Crippen molar-refractivity contribution in [1.29, 1.82) is 0 Å². The highest BCUT2D eigenvalue weighted by Crippen LogP contribution is 2.26. The summed E-state index contributed by atoms with van der Waals surface area (Å²) in [4.78, 5) is 37.2. The first kappa shape index (κ1) is 18.3. The van der Waals surface area contributed by atoms with Gasteiger partial charge in [-0.3, -0.25) is 9.59 Å². The van der Waals surface area contributed by atoms with Gasteiger partial charge in [0, 0.05) is 18.7 Å². The second kappa shape index (κ2) is 7.66. The third-order valence-corrected chi connectivity index (χ3v) is 4.22. The number of carboxylic acid groups (broad SMARTS) is 1. The monoisotopic (exact) mass is 352 g/mol. The number of nitrogens with zero attached hydrogens (tertiary/aromatic N) is 1. The summed E-state index contributed by atoms with van der Waals surface area (Å²) in [5, 5.41) is 12.0. The van der Waals surface area contributed by atoms with Crippen molar-refractivity contribution in [2.75, 3.05) is 11.4 Å². The van der Waals surface area contributed by atoms with Crippen LogP contribution in [0, 0.1) is 5.92 Å². The van der Waals surface area contributed by atoms with Crippen molar-refractivity contribution < 1.29 is 19.5 Å². The Hall–Kier alpha value is -2.08. The molecular formula is C17H21ClN2O4. The maximum atomic E-state index is 12.4. The highest BCUT2D eigenvalue weighted by atomic mass is 35.5. The molecule has 1 fully saturated rings. The van der Waals surface area contributed by atoms with Crippen LogP contribution in [0.1, 0.15) is 43.5 Å². The quantitative estimate of drug-likeness (QED) is 0.824. The third-order valence-electron chi connectivity index (χ3n) is 3.89. The van der Waals surface area contributed by atoms with E-state index >= 15 is 0 Å². The predicted molar refractivity (Wildman–Crippen MR) is 91.4 cm³/mol. The molecule has 1 atom stereocenters. The number of halogens is 1. The molecule has 1 aromatic carbocycles. The summed E-state index contributed by atoms with van der Waals surface area (Å²) in [6.45, 7) is 4.37. The van der Waals surface area contributed by atoms with Crippen LogP contribution in [0.3, 0.4) is 0 Å². The minimum Gasteiger partial charge on any atom is -0.480 e. The number of rotatable bonds is 6. The number of nitrogens with one attached hydrogen (secondary N) is 1. The molecule has 1 aliphatic heterocycles. The average molecular weight is 353 g/mol. The summed E-state index contributed by atoms with van der Waals surface area (Å²) in [5.74, 6) is -1.51. The molecule has 6 nitrogen and oxygen atoms in total. The fraction of sp³-hybridized carbons (Fsp3) is 0.471. The minimum absolute atomic E-state index is 0.00639. The first-order valence-corrected chi connectivity index (χ1v) is 8.31. The number of hydrogen-bond donors (Lipinski definition) is 2. The van der Waals surface area contributed by atoms with Gasteiger partial charge in [0.2, 0.25) is 5.91 Å². The van der Waals surface area contributed by atoms with Crippen LogP contribution >= 0.6 is 11.6 Å². The minimum atomic E-state index is -1.08. The summed E-state index contributed by atoms with van der Waals surface area (Å²) in [5.41, 5.74) is 0.770. The van der Waals surface area contributed by atoms with E-state index in [1.54, 1.807) is 17.0 Å². The zero-order valence-electron chi connectivity index (χ0n) is 13.7. The molecule has 0 aromatic heterocycles. The van der Waals surface area contributed by atoms with Gasteiger partial charge >= 0.3 is 5.97 Å². The SMILES string of the molecule is CC(C)C[C@@H](NC(=O)c1cc(N2CCCC2=O)ccc1Cl)C(=O)O. The predicted octanol–water partition coefficient (Wildman–Crippen LogP) is 2.70. The molecule has 1 heterocycles. The molecule has 1 aliphatic rings. The lowest BCUT2D eigenvalue weighted by atomic mass is 10.0. The Balaban J connectivity index is 2.21. The molecule has 2 rings (SSSR count). The summed E-state index contributed by atoms with van der Waals surface area (Å²) < 4.78 is 0. The highest BCUT2D eigenvalue weighted by Gasteiger charge is 2.25. The second-order valence-corrected chi connectivity index (χ2v) is 6.71. The van der Waals surface area contributed by atoms with Gasteiger partial charge in [0.1, 0.15) is 6.04 Å². The number of anilines is 1. The molecule has 2 N–H and O–H groups in total. The molecule has 130 valence electrons. The fourth-order valence-corrected chi connectivity index (χ4v) is 2.91. The molecule has 2 amide bonds. The van der Waals surface area contributed by atoms with E-state index in [1.807, 2.05) is 13.8 Å². The van der Waals surface area contributed by atoms with Gasteiger partial charge in [-0.05, 0) is 37.0 Å². The van der Waals surface area contributed by atoms with Gasteiger partial charge in [-0.2, -0.15) is 0 Å². The molecule has 0 radical (unpaired) electrons. The summed E-state index contributed by atoms with van der Waals surface area (Å²) in [7, 11) is 0. The average Bonchev–Trinajstić information content (AvgIpc) is 2.92. The molecular weight excluding hydrogens is 332 g/mol. The van der Waals surface area contributed by atoms with Gasteiger partial charge in [-0.15, -0.1) is 0 Å². The van der Waals surface area contributed by atoms with Crippen molar-refractivity contribution in [2.24, 2.45) is 5.92 Å². The van der Waals surface area contributed by atoms with Gasteiger partial charge in [0.05, 0.1) is 10.6 Å². The molecule has 7 heteroatoms. The number of hydrogen-bond acceptors (Lipinski definition) is 3. The number of carboxylic acids is 1.